The Hall–Kier alpha value is -1.14. The molecule has 0 fully saturated rings. The van der Waals surface area contributed by atoms with Gasteiger partial charge in [-0.15, -0.1) is 0 Å². The van der Waals surface area contributed by atoms with E-state index in [0.717, 1.165) is 77.0 Å². The predicted molar refractivity (Wildman–Crippen MR) is 113 cm³/mol. The molecule has 0 aliphatic rings. The standard InChI is InChI=1S/C12H22O4.C10H22O2/c13-11(14)9-7-5-3-1-2-4-6-8-10-12(15)16;11-9-7-5-3-1-2-4-6-8-10-12/h1-10H2,(H,13,14)(H,15,16);11-12H,1-10H2. The minimum absolute atomic E-state index is 0.276. The zero-order valence-corrected chi connectivity index (χ0v) is 17.7. The van der Waals surface area contributed by atoms with E-state index in [1.807, 2.05) is 0 Å². The molecule has 0 aromatic rings. The first-order chi connectivity index (χ1) is 13.5. The number of aliphatic hydroxyl groups is 2. The third kappa shape index (κ3) is 32.5. The van der Waals surface area contributed by atoms with Crippen LogP contribution in [0.1, 0.15) is 116 Å². The van der Waals surface area contributed by atoms with Crippen LogP contribution in [0.25, 0.3) is 0 Å². The summed E-state index contributed by atoms with van der Waals surface area (Å²) < 4.78 is 0. The van der Waals surface area contributed by atoms with Crippen LogP contribution in [0.5, 0.6) is 0 Å². The van der Waals surface area contributed by atoms with Crippen LogP contribution in [0, 0.1) is 0 Å². The molecule has 4 N–H and O–H groups in total. The number of aliphatic carboxylic acids is 2. The maximum atomic E-state index is 10.2. The lowest BCUT2D eigenvalue weighted by Gasteiger charge is -2.00. The van der Waals surface area contributed by atoms with Crippen molar-refractivity contribution in [1.82, 2.24) is 0 Å². The van der Waals surface area contributed by atoms with Crippen molar-refractivity contribution in [2.45, 2.75) is 116 Å². The first-order valence-corrected chi connectivity index (χ1v) is 11.2. The first-order valence-electron chi connectivity index (χ1n) is 11.2. The molecule has 0 saturated carbocycles. The Labute approximate surface area is 171 Å². The number of rotatable bonds is 20. The van der Waals surface area contributed by atoms with Gasteiger partial charge in [0.2, 0.25) is 0 Å². The summed E-state index contributed by atoms with van der Waals surface area (Å²) in [5.74, 6) is -1.43. The van der Waals surface area contributed by atoms with Crippen LogP contribution < -0.4 is 0 Å². The minimum atomic E-state index is -0.714. The van der Waals surface area contributed by atoms with Crippen molar-refractivity contribution in [3.8, 4) is 0 Å². The van der Waals surface area contributed by atoms with Gasteiger partial charge < -0.3 is 20.4 Å². The van der Waals surface area contributed by atoms with Gasteiger partial charge in [0.1, 0.15) is 0 Å². The Kier molecular flexibility index (Phi) is 26.8. The van der Waals surface area contributed by atoms with Crippen LogP contribution in [0.2, 0.25) is 0 Å². The van der Waals surface area contributed by atoms with Crippen molar-refractivity contribution in [3.05, 3.63) is 0 Å². The molecule has 6 heteroatoms. The van der Waals surface area contributed by atoms with E-state index < -0.39 is 11.9 Å². The fourth-order valence-electron chi connectivity index (χ4n) is 2.90. The number of carboxylic acids is 2. The second-order valence-corrected chi connectivity index (χ2v) is 7.39. The van der Waals surface area contributed by atoms with Gasteiger partial charge >= 0.3 is 11.9 Å². The van der Waals surface area contributed by atoms with Gasteiger partial charge in [-0.05, 0) is 25.7 Å². The number of carboxylic acid groups (broad SMARTS) is 2. The van der Waals surface area contributed by atoms with Gasteiger partial charge in [0, 0.05) is 26.1 Å². The van der Waals surface area contributed by atoms with E-state index in [1.54, 1.807) is 0 Å². The molecule has 6 nitrogen and oxygen atoms in total. The molecule has 0 aromatic carbocycles. The molecule has 0 bridgehead atoms. The molecular formula is C22H44O6. The quantitative estimate of drug-likeness (QED) is 0.209. The molecule has 0 spiro atoms. The normalized spacial score (nSPS) is 10.4. The largest absolute Gasteiger partial charge is 0.481 e. The molecule has 0 rings (SSSR count). The van der Waals surface area contributed by atoms with E-state index >= 15 is 0 Å². The van der Waals surface area contributed by atoms with Crippen LogP contribution in [0.15, 0.2) is 0 Å². The molecule has 0 atom stereocenters. The van der Waals surface area contributed by atoms with Gasteiger partial charge in [-0.1, -0.05) is 77.0 Å². The van der Waals surface area contributed by atoms with Crippen molar-refractivity contribution >= 4 is 11.9 Å². The number of unbranched alkanes of at least 4 members (excludes halogenated alkanes) is 14. The molecule has 0 radical (unpaired) electrons. The Bertz CT molecular complexity index is 301. The van der Waals surface area contributed by atoms with E-state index in [2.05, 4.69) is 0 Å². The number of aliphatic hydroxyl groups excluding tert-OH is 2. The van der Waals surface area contributed by atoms with Crippen LogP contribution in [-0.2, 0) is 9.59 Å². The van der Waals surface area contributed by atoms with E-state index in [-0.39, 0.29) is 12.8 Å². The number of hydrogen-bond acceptors (Lipinski definition) is 4. The first kappa shape index (κ1) is 29.1. The summed E-state index contributed by atoms with van der Waals surface area (Å²) in [5, 5.41) is 33.8. The van der Waals surface area contributed by atoms with Crippen molar-refractivity contribution in [2.75, 3.05) is 13.2 Å². The highest BCUT2D eigenvalue weighted by Gasteiger charge is 1.98. The molecule has 0 amide bonds. The molecule has 0 aliphatic heterocycles. The average Bonchev–Trinajstić information content (AvgIpc) is 2.65. The summed E-state index contributed by atoms with van der Waals surface area (Å²) in [4.78, 5) is 20.4. The Morgan fingerprint density at radius 1 is 0.393 bits per heavy atom. The lowest BCUT2D eigenvalue weighted by molar-refractivity contribution is -0.138. The highest BCUT2D eigenvalue weighted by molar-refractivity contribution is 5.66. The Balaban J connectivity index is 0. The Morgan fingerprint density at radius 3 is 0.821 bits per heavy atom. The van der Waals surface area contributed by atoms with Gasteiger partial charge in [-0.3, -0.25) is 9.59 Å². The molecule has 0 aromatic heterocycles. The predicted octanol–water partition coefficient (Wildman–Crippen LogP) is 5.15. The second-order valence-electron chi connectivity index (χ2n) is 7.39. The molecule has 0 unspecified atom stereocenters. The summed E-state index contributed by atoms with van der Waals surface area (Å²) in [7, 11) is 0. The van der Waals surface area contributed by atoms with Gasteiger partial charge in [-0.2, -0.15) is 0 Å². The topological polar surface area (TPSA) is 115 Å². The molecule has 0 aliphatic carbocycles. The van der Waals surface area contributed by atoms with E-state index in [0.29, 0.717) is 13.2 Å². The lowest BCUT2D eigenvalue weighted by atomic mass is 10.1. The molecule has 28 heavy (non-hydrogen) atoms. The zero-order chi connectivity index (χ0) is 21.3. The average molecular weight is 405 g/mol. The van der Waals surface area contributed by atoms with Crippen molar-refractivity contribution in [1.29, 1.82) is 0 Å². The summed E-state index contributed by atoms with van der Waals surface area (Å²) in [5.41, 5.74) is 0. The fourth-order valence-corrected chi connectivity index (χ4v) is 2.90. The minimum Gasteiger partial charge on any atom is -0.481 e. The second kappa shape index (κ2) is 25.9. The van der Waals surface area contributed by atoms with Gasteiger partial charge in [0.25, 0.3) is 0 Å². The van der Waals surface area contributed by atoms with E-state index in [4.69, 9.17) is 20.4 Å². The van der Waals surface area contributed by atoms with Crippen molar-refractivity contribution < 1.29 is 30.0 Å². The van der Waals surface area contributed by atoms with E-state index in [1.165, 1.54) is 25.7 Å². The number of hydrogen-bond donors (Lipinski definition) is 4. The highest BCUT2D eigenvalue weighted by atomic mass is 16.4. The SMILES string of the molecule is O=C(O)CCCCCCCCCCC(=O)O.OCCCCCCCCCCO. The third-order valence-electron chi connectivity index (χ3n) is 4.60. The fraction of sp³-hybridized carbons (Fsp3) is 0.909. The molecular weight excluding hydrogens is 360 g/mol. The summed E-state index contributed by atoms with van der Waals surface area (Å²) in [6.07, 6.45) is 17.8. The van der Waals surface area contributed by atoms with Crippen LogP contribution in [-0.4, -0.2) is 45.6 Å². The summed E-state index contributed by atoms with van der Waals surface area (Å²) in [6.45, 7) is 0.676. The zero-order valence-electron chi connectivity index (χ0n) is 17.7. The maximum absolute atomic E-state index is 10.2. The van der Waals surface area contributed by atoms with Crippen LogP contribution >= 0.6 is 0 Å². The summed E-state index contributed by atoms with van der Waals surface area (Å²) >= 11 is 0. The van der Waals surface area contributed by atoms with Crippen molar-refractivity contribution in [2.24, 2.45) is 0 Å². The van der Waals surface area contributed by atoms with E-state index in [9.17, 15) is 9.59 Å². The van der Waals surface area contributed by atoms with Gasteiger partial charge in [-0.25, -0.2) is 0 Å². The Morgan fingerprint density at radius 2 is 0.607 bits per heavy atom. The van der Waals surface area contributed by atoms with Gasteiger partial charge in [0.05, 0.1) is 0 Å². The van der Waals surface area contributed by atoms with Gasteiger partial charge in [0.15, 0.2) is 0 Å². The third-order valence-corrected chi connectivity index (χ3v) is 4.60. The number of carbonyl (C=O) groups is 2. The summed E-state index contributed by atoms with van der Waals surface area (Å²) in [6, 6.07) is 0. The molecule has 168 valence electrons. The molecule has 0 saturated heterocycles. The lowest BCUT2D eigenvalue weighted by Crippen LogP contribution is -1.94. The highest BCUT2D eigenvalue weighted by Crippen LogP contribution is 2.10. The molecule has 0 heterocycles. The van der Waals surface area contributed by atoms with Crippen molar-refractivity contribution in [3.63, 3.8) is 0 Å². The smallest absolute Gasteiger partial charge is 0.303 e. The maximum Gasteiger partial charge on any atom is 0.303 e. The van der Waals surface area contributed by atoms with Crippen LogP contribution in [0.4, 0.5) is 0 Å². The van der Waals surface area contributed by atoms with Crippen LogP contribution in [0.3, 0.4) is 0 Å². The monoisotopic (exact) mass is 404 g/mol.